The second-order valence-corrected chi connectivity index (χ2v) is 8.64. The molecule has 0 bridgehead atoms. The first-order valence-electron chi connectivity index (χ1n) is 10.8. The minimum Gasteiger partial charge on any atom is -0.325 e. The number of amides is 1. The highest BCUT2D eigenvalue weighted by molar-refractivity contribution is 7.99. The van der Waals surface area contributed by atoms with Crippen LogP contribution in [-0.4, -0.2) is 51.6 Å². The van der Waals surface area contributed by atoms with Gasteiger partial charge in [-0.2, -0.15) is 4.68 Å². The number of tetrazole rings is 1. The summed E-state index contributed by atoms with van der Waals surface area (Å²) in [5, 5.41) is 24.0. The first kappa shape index (κ1) is 22.4. The van der Waals surface area contributed by atoms with Crippen LogP contribution < -0.4 is 5.32 Å². The van der Waals surface area contributed by atoms with E-state index in [4.69, 9.17) is 0 Å². The van der Waals surface area contributed by atoms with Crippen molar-refractivity contribution in [2.24, 2.45) is 0 Å². The van der Waals surface area contributed by atoms with Gasteiger partial charge >= 0.3 is 0 Å². The van der Waals surface area contributed by atoms with E-state index in [0.717, 1.165) is 22.5 Å². The third kappa shape index (κ3) is 4.80. The van der Waals surface area contributed by atoms with Gasteiger partial charge in [-0.15, -0.1) is 15.3 Å². The van der Waals surface area contributed by atoms with Crippen LogP contribution in [0.2, 0.25) is 0 Å². The summed E-state index contributed by atoms with van der Waals surface area (Å²) in [5.41, 5.74) is 4.20. The normalized spacial score (nSPS) is 10.9. The minimum atomic E-state index is -0.163. The molecule has 35 heavy (non-hydrogen) atoms. The van der Waals surface area contributed by atoms with Gasteiger partial charge in [0.1, 0.15) is 0 Å². The summed E-state index contributed by atoms with van der Waals surface area (Å²) in [5.74, 6) is 1.32. The molecule has 174 valence electrons. The van der Waals surface area contributed by atoms with Crippen molar-refractivity contribution < 1.29 is 4.79 Å². The number of aryl methyl sites for hydroxylation is 2. The lowest BCUT2D eigenvalue weighted by molar-refractivity contribution is -0.113. The van der Waals surface area contributed by atoms with E-state index < -0.39 is 0 Å². The first-order chi connectivity index (χ1) is 17.1. The molecule has 0 aliphatic carbocycles. The summed E-state index contributed by atoms with van der Waals surface area (Å²) in [6.07, 6.45) is 3.45. The molecule has 5 aromatic rings. The van der Waals surface area contributed by atoms with Crippen LogP contribution in [0.1, 0.15) is 11.4 Å². The Morgan fingerprint density at radius 3 is 2.60 bits per heavy atom. The maximum atomic E-state index is 12.8. The lowest BCUT2D eigenvalue weighted by Gasteiger charge is -2.11. The topological polar surface area (TPSA) is 116 Å². The number of aromatic nitrogens is 8. The number of benzene rings is 2. The second-order valence-electron chi connectivity index (χ2n) is 7.69. The number of rotatable bonds is 7. The smallest absolute Gasteiger partial charge is 0.234 e. The van der Waals surface area contributed by atoms with Crippen molar-refractivity contribution in [3.05, 3.63) is 84.4 Å². The number of nitrogens with zero attached hydrogens (tertiary/aromatic N) is 8. The molecule has 0 spiro atoms. The van der Waals surface area contributed by atoms with Crippen LogP contribution in [0.25, 0.3) is 22.8 Å². The zero-order chi connectivity index (χ0) is 24.2. The number of anilines is 1. The fourth-order valence-corrected chi connectivity index (χ4v) is 4.30. The van der Waals surface area contributed by atoms with Gasteiger partial charge < -0.3 is 5.32 Å². The van der Waals surface area contributed by atoms with Gasteiger partial charge in [-0.3, -0.25) is 14.3 Å². The molecule has 0 saturated carbocycles. The molecule has 3 heterocycles. The summed E-state index contributed by atoms with van der Waals surface area (Å²) in [6.45, 7) is 3.79. The third-order valence-corrected chi connectivity index (χ3v) is 6.18. The van der Waals surface area contributed by atoms with E-state index >= 15 is 0 Å². The molecular weight excluding hydrogens is 462 g/mol. The average molecular weight is 484 g/mol. The van der Waals surface area contributed by atoms with Crippen molar-refractivity contribution in [2.45, 2.75) is 19.0 Å². The SMILES string of the molecule is Cc1ccc(NC(=O)CSc2nnc(-c3cccnc3)n2-c2ccccc2)cc1-n1nnnc1C. The number of carbonyl (C=O) groups is 1. The summed E-state index contributed by atoms with van der Waals surface area (Å²) >= 11 is 1.31. The molecule has 0 fully saturated rings. The average Bonchev–Trinajstić information content (AvgIpc) is 3.51. The molecular formula is C24H21N9OS. The molecule has 0 saturated heterocycles. The highest BCUT2D eigenvalue weighted by Crippen LogP contribution is 2.28. The van der Waals surface area contributed by atoms with E-state index in [1.165, 1.54) is 11.8 Å². The Morgan fingerprint density at radius 1 is 1.00 bits per heavy atom. The number of pyridine rings is 1. The third-order valence-electron chi connectivity index (χ3n) is 5.25. The molecule has 0 unspecified atom stereocenters. The fraction of sp³-hybridized carbons (Fsp3) is 0.125. The lowest BCUT2D eigenvalue weighted by atomic mass is 10.2. The number of hydrogen-bond donors (Lipinski definition) is 1. The van der Waals surface area contributed by atoms with Crippen molar-refractivity contribution in [1.82, 2.24) is 40.0 Å². The Labute approximate surface area is 205 Å². The van der Waals surface area contributed by atoms with Crippen LogP contribution in [0.15, 0.2) is 78.2 Å². The molecule has 1 N–H and O–H groups in total. The zero-order valence-corrected chi connectivity index (χ0v) is 19.8. The Bertz CT molecular complexity index is 1470. The standard InChI is InChI=1S/C24H21N9OS/c1-16-10-11-19(13-21(16)33-17(2)27-30-31-33)26-22(34)15-35-24-29-28-23(18-7-6-12-25-14-18)32(24)20-8-4-3-5-9-20/h3-14H,15H2,1-2H3,(H,26,34). The van der Waals surface area contributed by atoms with Crippen molar-refractivity contribution >= 4 is 23.4 Å². The van der Waals surface area contributed by atoms with Crippen LogP contribution in [-0.2, 0) is 4.79 Å². The van der Waals surface area contributed by atoms with Gasteiger partial charge in [0, 0.05) is 29.3 Å². The molecule has 1 amide bonds. The number of nitrogens with one attached hydrogen (secondary N) is 1. The first-order valence-corrected chi connectivity index (χ1v) is 11.8. The van der Waals surface area contributed by atoms with Gasteiger partial charge in [0.05, 0.1) is 11.4 Å². The van der Waals surface area contributed by atoms with Gasteiger partial charge in [-0.25, -0.2) is 0 Å². The number of thioether (sulfide) groups is 1. The minimum absolute atomic E-state index is 0.158. The second kappa shape index (κ2) is 9.85. The van der Waals surface area contributed by atoms with Crippen molar-refractivity contribution in [1.29, 1.82) is 0 Å². The Morgan fingerprint density at radius 2 is 1.86 bits per heavy atom. The molecule has 5 rings (SSSR count). The molecule has 0 aliphatic rings. The van der Waals surface area contributed by atoms with Gasteiger partial charge in [-0.1, -0.05) is 36.0 Å². The van der Waals surface area contributed by atoms with E-state index in [1.54, 1.807) is 17.1 Å². The van der Waals surface area contributed by atoms with E-state index in [2.05, 4.69) is 36.0 Å². The molecule has 11 heteroatoms. The summed E-state index contributed by atoms with van der Waals surface area (Å²) in [4.78, 5) is 17.0. The summed E-state index contributed by atoms with van der Waals surface area (Å²) in [6, 6.07) is 19.2. The quantitative estimate of drug-likeness (QED) is 0.349. The molecule has 3 aromatic heterocycles. The van der Waals surface area contributed by atoms with Gasteiger partial charge in [0.15, 0.2) is 16.8 Å². The van der Waals surface area contributed by atoms with Gasteiger partial charge in [-0.05, 0) is 66.2 Å². The maximum Gasteiger partial charge on any atom is 0.234 e. The predicted molar refractivity (Wildman–Crippen MR) is 133 cm³/mol. The Kier molecular flexibility index (Phi) is 6.31. The van der Waals surface area contributed by atoms with E-state index in [1.807, 2.05) is 79.1 Å². The molecule has 2 aromatic carbocycles. The maximum absolute atomic E-state index is 12.8. The molecule has 10 nitrogen and oxygen atoms in total. The highest BCUT2D eigenvalue weighted by atomic mass is 32.2. The predicted octanol–water partition coefficient (Wildman–Crippen LogP) is 3.65. The number of para-hydroxylation sites is 1. The van der Waals surface area contributed by atoms with Crippen molar-refractivity contribution in [3.8, 4) is 22.8 Å². The van der Waals surface area contributed by atoms with E-state index in [-0.39, 0.29) is 11.7 Å². The monoisotopic (exact) mass is 483 g/mol. The van der Waals surface area contributed by atoms with Crippen LogP contribution in [0.4, 0.5) is 5.69 Å². The lowest BCUT2D eigenvalue weighted by Crippen LogP contribution is -2.15. The van der Waals surface area contributed by atoms with Crippen LogP contribution in [0.3, 0.4) is 0 Å². The Balaban J connectivity index is 1.35. The van der Waals surface area contributed by atoms with Crippen molar-refractivity contribution in [2.75, 3.05) is 11.1 Å². The highest BCUT2D eigenvalue weighted by Gasteiger charge is 2.18. The molecule has 0 radical (unpaired) electrons. The largest absolute Gasteiger partial charge is 0.325 e. The van der Waals surface area contributed by atoms with E-state index in [0.29, 0.717) is 22.5 Å². The van der Waals surface area contributed by atoms with Crippen LogP contribution in [0, 0.1) is 13.8 Å². The molecule has 0 atom stereocenters. The van der Waals surface area contributed by atoms with E-state index in [9.17, 15) is 4.79 Å². The zero-order valence-electron chi connectivity index (χ0n) is 19.0. The summed E-state index contributed by atoms with van der Waals surface area (Å²) < 4.78 is 3.57. The fourth-order valence-electron chi connectivity index (χ4n) is 3.55. The number of hydrogen-bond acceptors (Lipinski definition) is 8. The Hall–Kier alpha value is -4.38. The van der Waals surface area contributed by atoms with Gasteiger partial charge in [0.2, 0.25) is 5.91 Å². The molecule has 0 aliphatic heterocycles. The number of carbonyl (C=O) groups excluding carboxylic acids is 1. The van der Waals surface area contributed by atoms with Crippen LogP contribution in [0.5, 0.6) is 0 Å². The van der Waals surface area contributed by atoms with Crippen molar-refractivity contribution in [3.63, 3.8) is 0 Å². The van der Waals surface area contributed by atoms with Crippen LogP contribution >= 0.6 is 11.8 Å². The van der Waals surface area contributed by atoms with Gasteiger partial charge in [0.25, 0.3) is 0 Å². The summed E-state index contributed by atoms with van der Waals surface area (Å²) in [7, 11) is 0.